The van der Waals surface area contributed by atoms with Crippen molar-refractivity contribution in [3.05, 3.63) is 52.8 Å². The minimum Gasteiger partial charge on any atom is -0.349 e. The van der Waals surface area contributed by atoms with Gasteiger partial charge in [0, 0.05) is 64.1 Å². The predicted octanol–water partition coefficient (Wildman–Crippen LogP) is 1.02. The molecule has 2 aromatic heterocycles. The second-order valence-corrected chi connectivity index (χ2v) is 5.78. The Hall–Kier alpha value is -2.21. The first-order chi connectivity index (χ1) is 11.3. The third-order valence-corrected chi connectivity index (χ3v) is 4.37. The molecule has 1 saturated heterocycles. The first-order valence-electron chi connectivity index (χ1n) is 8.19. The van der Waals surface area contributed by atoms with Crippen molar-refractivity contribution < 1.29 is 0 Å². The summed E-state index contributed by atoms with van der Waals surface area (Å²) in [5.74, 6) is 0.586. The van der Waals surface area contributed by atoms with E-state index in [9.17, 15) is 4.79 Å². The summed E-state index contributed by atoms with van der Waals surface area (Å²) in [6.45, 7) is 7.33. The van der Waals surface area contributed by atoms with Crippen LogP contribution in [0.4, 0.5) is 5.82 Å². The van der Waals surface area contributed by atoms with E-state index in [1.165, 1.54) is 5.56 Å². The van der Waals surface area contributed by atoms with Crippen LogP contribution in [0, 0.1) is 0 Å². The average Bonchev–Trinajstić information content (AvgIpc) is 2.62. The summed E-state index contributed by atoms with van der Waals surface area (Å²) in [5, 5.41) is 0. The molecule has 0 amide bonds. The molecule has 3 heterocycles. The summed E-state index contributed by atoms with van der Waals surface area (Å²) in [4.78, 5) is 25.2. The van der Waals surface area contributed by atoms with Crippen LogP contribution < -0.4 is 10.5 Å². The quantitative estimate of drug-likeness (QED) is 0.825. The van der Waals surface area contributed by atoms with Gasteiger partial charge in [0.2, 0.25) is 0 Å². The summed E-state index contributed by atoms with van der Waals surface area (Å²) < 4.78 is 1.71. The third-order valence-electron chi connectivity index (χ3n) is 4.37. The SMILES string of the molecule is CCn1ccnc(N2CCN(CCc3ccncc3)CC2)c1=O. The predicted molar refractivity (Wildman–Crippen MR) is 90.8 cm³/mol. The molecule has 6 nitrogen and oxygen atoms in total. The highest BCUT2D eigenvalue weighted by Crippen LogP contribution is 2.09. The Morgan fingerprint density at radius 3 is 2.52 bits per heavy atom. The molecule has 1 aliphatic heterocycles. The highest BCUT2D eigenvalue weighted by molar-refractivity contribution is 5.36. The smallest absolute Gasteiger partial charge is 0.293 e. The molecular weight excluding hydrogens is 290 g/mol. The van der Waals surface area contributed by atoms with Crippen molar-refractivity contribution in [2.45, 2.75) is 19.9 Å². The Balaban J connectivity index is 1.55. The molecule has 0 atom stereocenters. The number of aryl methyl sites for hydroxylation is 1. The molecule has 3 rings (SSSR count). The van der Waals surface area contributed by atoms with E-state index >= 15 is 0 Å². The Morgan fingerprint density at radius 2 is 1.83 bits per heavy atom. The number of pyridine rings is 1. The van der Waals surface area contributed by atoms with Crippen molar-refractivity contribution in [2.75, 3.05) is 37.6 Å². The fourth-order valence-corrected chi connectivity index (χ4v) is 2.92. The maximum atomic E-state index is 12.3. The van der Waals surface area contributed by atoms with Gasteiger partial charge in [0.15, 0.2) is 5.82 Å². The molecule has 23 heavy (non-hydrogen) atoms. The van der Waals surface area contributed by atoms with E-state index < -0.39 is 0 Å². The van der Waals surface area contributed by atoms with Crippen molar-refractivity contribution in [3.63, 3.8) is 0 Å². The number of piperazine rings is 1. The van der Waals surface area contributed by atoms with E-state index in [1.54, 1.807) is 17.0 Å². The zero-order valence-electron chi connectivity index (χ0n) is 13.6. The molecule has 1 aliphatic rings. The van der Waals surface area contributed by atoms with Crippen LogP contribution in [0.3, 0.4) is 0 Å². The van der Waals surface area contributed by atoms with E-state index in [1.807, 2.05) is 19.3 Å². The number of rotatable bonds is 5. The van der Waals surface area contributed by atoms with Gasteiger partial charge < -0.3 is 9.47 Å². The Morgan fingerprint density at radius 1 is 1.09 bits per heavy atom. The van der Waals surface area contributed by atoms with Gasteiger partial charge in [-0.15, -0.1) is 0 Å². The number of nitrogens with zero attached hydrogens (tertiary/aromatic N) is 5. The van der Waals surface area contributed by atoms with Crippen LogP contribution in [0.15, 0.2) is 41.7 Å². The van der Waals surface area contributed by atoms with Gasteiger partial charge in [0.1, 0.15) is 0 Å². The maximum Gasteiger partial charge on any atom is 0.293 e. The van der Waals surface area contributed by atoms with Gasteiger partial charge in [-0.2, -0.15) is 0 Å². The second kappa shape index (κ2) is 7.37. The second-order valence-electron chi connectivity index (χ2n) is 5.78. The van der Waals surface area contributed by atoms with Crippen molar-refractivity contribution in [3.8, 4) is 0 Å². The first-order valence-corrected chi connectivity index (χ1v) is 8.19. The average molecular weight is 313 g/mol. The molecular formula is C17H23N5O. The third kappa shape index (κ3) is 3.76. The number of hydrogen-bond donors (Lipinski definition) is 0. The number of anilines is 1. The van der Waals surface area contributed by atoms with Crippen LogP contribution in [0.1, 0.15) is 12.5 Å². The van der Waals surface area contributed by atoms with Gasteiger partial charge in [-0.05, 0) is 31.0 Å². The molecule has 2 aromatic rings. The van der Waals surface area contributed by atoms with Gasteiger partial charge >= 0.3 is 0 Å². The Kier molecular flexibility index (Phi) is 5.02. The van der Waals surface area contributed by atoms with Crippen LogP contribution >= 0.6 is 0 Å². The van der Waals surface area contributed by atoms with E-state index in [2.05, 4.69) is 31.9 Å². The van der Waals surface area contributed by atoms with Gasteiger partial charge in [0.05, 0.1) is 0 Å². The van der Waals surface area contributed by atoms with Gasteiger partial charge in [-0.1, -0.05) is 0 Å². The lowest BCUT2D eigenvalue weighted by Crippen LogP contribution is -2.49. The first kappa shape index (κ1) is 15.7. The Labute approximate surface area is 136 Å². The van der Waals surface area contributed by atoms with Crippen molar-refractivity contribution in [1.29, 1.82) is 0 Å². The van der Waals surface area contributed by atoms with Crippen molar-refractivity contribution in [2.24, 2.45) is 0 Å². The molecule has 0 spiro atoms. The highest BCUT2D eigenvalue weighted by atomic mass is 16.1. The zero-order chi connectivity index (χ0) is 16.1. The molecule has 0 radical (unpaired) electrons. The summed E-state index contributed by atoms with van der Waals surface area (Å²) >= 11 is 0. The molecule has 0 bridgehead atoms. The normalized spacial score (nSPS) is 15.8. The fraction of sp³-hybridized carbons (Fsp3) is 0.471. The standard InChI is InChI=1S/C17H23N5O/c1-2-21-10-8-19-16(17(21)23)22-13-11-20(12-14-22)9-5-15-3-6-18-7-4-15/h3-4,6-8,10H,2,5,9,11-14H2,1H3. The molecule has 0 N–H and O–H groups in total. The molecule has 6 heteroatoms. The van der Waals surface area contributed by atoms with Crippen LogP contribution in [0.2, 0.25) is 0 Å². The molecule has 0 unspecified atom stereocenters. The summed E-state index contributed by atoms with van der Waals surface area (Å²) in [6.07, 6.45) is 8.18. The number of hydrogen-bond acceptors (Lipinski definition) is 5. The summed E-state index contributed by atoms with van der Waals surface area (Å²) in [6, 6.07) is 4.13. The fourth-order valence-electron chi connectivity index (χ4n) is 2.92. The van der Waals surface area contributed by atoms with Crippen molar-refractivity contribution >= 4 is 5.82 Å². The van der Waals surface area contributed by atoms with Crippen LogP contribution in [-0.2, 0) is 13.0 Å². The van der Waals surface area contributed by atoms with Gasteiger partial charge in [0.25, 0.3) is 5.56 Å². The minimum atomic E-state index is 0.0141. The van der Waals surface area contributed by atoms with Crippen LogP contribution in [0.25, 0.3) is 0 Å². The lowest BCUT2D eigenvalue weighted by molar-refractivity contribution is 0.260. The topological polar surface area (TPSA) is 54.3 Å². The van der Waals surface area contributed by atoms with Crippen molar-refractivity contribution in [1.82, 2.24) is 19.4 Å². The summed E-state index contributed by atoms with van der Waals surface area (Å²) in [7, 11) is 0. The molecule has 0 aliphatic carbocycles. The van der Waals surface area contributed by atoms with Crippen LogP contribution in [-0.4, -0.2) is 52.2 Å². The minimum absolute atomic E-state index is 0.0141. The highest BCUT2D eigenvalue weighted by Gasteiger charge is 2.20. The lowest BCUT2D eigenvalue weighted by Gasteiger charge is -2.35. The molecule has 0 saturated carbocycles. The van der Waals surface area contributed by atoms with E-state index in [0.717, 1.165) is 39.1 Å². The van der Waals surface area contributed by atoms with E-state index in [-0.39, 0.29) is 5.56 Å². The maximum absolute atomic E-state index is 12.3. The molecule has 122 valence electrons. The van der Waals surface area contributed by atoms with E-state index in [0.29, 0.717) is 12.4 Å². The monoisotopic (exact) mass is 313 g/mol. The van der Waals surface area contributed by atoms with E-state index in [4.69, 9.17) is 0 Å². The van der Waals surface area contributed by atoms with Gasteiger partial charge in [-0.25, -0.2) is 4.98 Å². The number of aromatic nitrogens is 3. The summed E-state index contributed by atoms with van der Waals surface area (Å²) in [5.41, 5.74) is 1.33. The van der Waals surface area contributed by atoms with Crippen LogP contribution in [0.5, 0.6) is 0 Å². The largest absolute Gasteiger partial charge is 0.349 e. The zero-order valence-corrected chi connectivity index (χ0v) is 13.6. The lowest BCUT2D eigenvalue weighted by atomic mass is 10.2. The molecule has 0 aromatic carbocycles. The Bertz CT molecular complexity index is 677. The molecule has 1 fully saturated rings. The van der Waals surface area contributed by atoms with Gasteiger partial charge in [-0.3, -0.25) is 14.7 Å².